The summed E-state index contributed by atoms with van der Waals surface area (Å²) in [5.74, 6) is 0.105. The number of hydrogen-bond donors (Lipinski definition) is 1. The molecule has 2 heterocycles. The maximum atomic E-state index is 12.6. The standard InChI is InChI=1S/C17H21N3O2/c1-18-13-5-4-9-20(11-13)17(22)12-19-10-8-16(21)14-6-2-3-7-15(14)19/h2-3,6-8,10,13,18H,4-5,9,11-12H2,1H3/t13-/m0/s1. The first-order valence-corrected chi connectivity index (χ1v) is 7.72. The van der Waals surface area contributed by atoms with Crippen LogP contribution in [0, 0.1) is 0 Å². The molecule has 0 radical (unpaired) electrons. The minimum Gasteiger partial charge on any atom is -0.340 e. The molecule has 0 bridgehead atoms. The molecular formula is C17H21N3O2. The van der Waals surface area contributed by atoms with Crippen molar-refractivity contribution in [1.29, 1.82) is 0 Å². The van der Waals surface area contributed by atoms with Crippen molar-refractivity contribution in [2.45, 2.75) is 25.4 Å². The van der Waals surface area contributed by atoms with Crippen molar-refractivity contribution in [3.05, 3.63) is 46.8 Å². The lowest BCUT2D eigenvalue weighted by molar-refractivity contribution is -0.133. The summed E-state index contributed by atoms with van der Waals surface area (Å²) in [6.45, 7) is 1.85. The fourth-order valence-electron chi connectivity index (χ4n) is 3.08. The molecule has 1 aromatic carbocycles. The van der Waals surface area contributed by atoms with Crippen LogP contribution in [-0.2, 0) is 11.3 Å². The van der Waals surface area contributed by atoms with E-state index in [1.54, 1.807) is 12.3 Å². The maximum absolute atomic E-state index is 12.6. The highest BCUT2D eigenvalue weighted by Crippen LogP contribution is 2.13. The Labute approximate surface area is 129 Å². The van der Waals surface area contributed by atoms with Crippen LogP contribution < -0.4 is 10.7 Å². The van der Waals surface area contributed by atoms with Crippen LogP contribution in [0.5, 0.6) is 0 Å². The first-order chi connectivity index (χ1) is 10.7. The minimum atomic E-state index is -0.00693. The van der Waals surface area contributed by atoms with Crippen LogP contribution in [0.25, 0.3) is 10.9 Å². The maximum Gasteiger partial charge on any atom is 0.242 e. The van der Waals surface area contributed by atoms with E-state index in [0.29, 0.717) is 11.4 Å². The van der Waals surface area contributed by atoms with Gasteiger partial charge in [-0.1, -0.05) is 12.1 Å². The van der Waals surface area contributed by atoms with Crippen LogP contribution in [-0.4, -0.2) is 41.6 Å². The average Bonchev–Trinajstić information content (AvgIpc) is 2.57. The summed E-state index contributed by atoms with van der Waals surface area (Å²) in [6, 6.07) is 9.33. The Morgan fingerprint density at radius 1 is 1.32 bits per heavy atom. The average molecular weight is 299 g/mol. The molecule has 3 rings (SSSR count). The summed E-state index contributed by atoms with van der Waals surface area (Å²) >= 11 is 0. The normalized spacial score (nSPS) is 18.6. The molecule has 1 fully saturated rings. The van der Waals surface area contributed by atoms with E-state index in [-0.39, 0.29) is 17.9 Å². The SMILES string of the molecule is CN[C@H]1CCCN(C(=O)Cn2ccc(=O)c3ccccc32)C1. The Balaban J connectivity index is 1.83. The smallest absolute Gasteiger partial charge is 0.242 e. The van der Waals surface area contributed by atoms with Crippen LogP contribution in [0.4, 0.5) is 0 Å². The Bertz CT molecular complexity index is 738. The molecule has 2 aromatic rings. The van der Waals surface area contributed by atoms with Gasteiger partial charge < -0.3 is 14.8 Å². The van der Waals surface area contributed by atoms with Gasteiger partial charge in [-0.3, -0.25) is 9.59 Å². The van der Waals surface area contributed by atoms with Gasteiger partial charge in [0.2, 0.25) is 5.91 Å². The molecule has 22 heavy (non-hydrogen) atoms. The van der Waals surface area contributed by atoms with Gasteiger partial charge in [0.15, 0.2) is 5.43 Å². The topological polar surface area (TPSA) is 54.3 Å². The number of nitrogens with one attached hydrogen (secondary N) is 1. The number of piperidine rings is 1. The van der Waals surface area contributed by atoms with Crippen LogP contribution in [0.1, 0.15) is 12.8 Å². The number of hydrogen-bond acceptors (Lipinski definition) is 3. The van der Waals surface area contributed by atoms with Gasteiger partial charge in [0, 0.05) is 36.8 Å². The Morgan fingerprint density at radius 2 is 2.14 bits per heavy atom. The van der Waals surface area contributed by atoms with E-state index >= 15 is 0 Å². The number of carbonyl (C=O) groups is 1. The van der Waals surface area contributed by atoms with Crippen molar-refractivity contribution >= 4 is 16.8 Å². The molecule has 5 nitrogen and oxygen atoms in total. The molecule has 1 amide bonds. The molecule has 1 N–H and O–H groups in total. The summed E-state index contributed by atoms with van der Waals surface area (Å²) in [4.78, 5) is 26.4. The first-order valence-electron chi connectivity index (χ1n) is 7.72. The summed E-state index contributed by atoms with van der Waals surface area (Å²) in [7, 11) is 1.94. The lowest BCUT2D eigenvalue weighted by Gasteiger charge is -2.32. The molecule has 1 saturated heterocycles. The molecule has 0 spiro atoms. The highest BCUT2D eigenvalue weighted by Gasteiger charge is 2.22. The molecular weight excluding hydrogens is 278 g/mol. The Morgan fingerprint density at radius 3 is 2.95 bits per heavy atom. The third kappa shape index (κ3) is 2.90. The molecule has 0 saturated carbocycles. The molecule has 5 heteroatoms. The number of fused-ring (bicyclic) bond motifs is 1. The van der Waals surface area contributed by atoms with Crippen LogP contribution >= 0.6 is 0 Å². The number of amides is 1. The third-order valence-corrected chi connectivity index (χ3v) is 4.37. The quantitative estimate of drug-likeness (QED) is 0.927. The Hall–Kier alpha value is -2.14. The molecule has 116 valence electrons. The molecule has 1 aliphatic heterocycles. The third-order valence-electron chi connectivity index (χ3n) is 4.37. The van der Waals surface area contributed by atoms with Crippen molar-refractivity contribution < 1.29 is 4.79 Å². The number of rotatable bonds is 3. The van der Waals surface area contributed by atoms with Crippen molar-refractivity contribution in [2.75, 3.05) is 20.1 Å². The van der Waals surface area contributed by atoms with Gasteiger partial charge in [-0.2, -0.15) is 0 Å². The predicted molar refractivity (Wildman–Crippen MR) is 86.9 cm³/mol. The van der Waals surface area contributed by atoms with Gasteiger partial charge >= 0.3 is 0 Å². The second-order valence-corrected chi connectivity index (χ2v) is 5.79. The van der Waals surface area contributed by atoms with Crippen LogP contribution in [0.3, 0.4) is 0 Å². The zero-order valence-electron chi connectivity index (χ0n) is 12.8. The molecule has 1 aromatic heterocycles. The van der Waals surface area contributed by atoms with Gasteiger partial charge in [0.1, 0.15) is 6.54 Å². The van der Waals surface area contributed by atoms with Gasteiger partial charge in [-0.25, -0.2) is 0 Å². The number of pyridine rings is 1. The fraction of sp³-hybridized carbons (Fsp3) is 0.412. The summed E-state index contributed by atoms with van der Waals surface area (Å²) in [5, 5.41) is 3.90. The zero-order chi connectivity index (χ0) is 15.5. The number of benzene rings is 1. The van der Waals surface area contributed by atoms with Crippen molar-refractivity contribution in [3.8, 4) is 0 Å². The highest BCUT2D eigenvalue weighted by atomic mass is 16.2. The highest BCUT2D eigenvalue weighted by molar-refractivity contribution is 5.82. The fourth-order valence-corrected chi connectivity index (χ4v) is 3.08. The largest absolute Gasteiger partial charge is 0.340 e. The molecule has 0 aliphatic carbocycles. The number of aromatic nitrogens is 1. The van der Waals surface area contributed by atoms with Crippen molar-refractivity contribution in [2.24, 2.45) is 0 Å². The van der Waals surface area contributed by atoms with Crippen LogP contribution in [0.15, 0.2) is 41.3 Å². The number of nitrogens with zero attached hydrogens (tertiary/aromatic N) is 2. The first kappa shape index (κ1) is 14.8. The molecule has 1 atom stereocenters. The number of likely N-dealkylation sites (tertiary alicyclic amines) is 1. The van der Waals surface area contributed by atoms with E-state index in [1.165, 1.54) is 6.07 Å². The van der Waals surface area contributed by atoms with E-state index in [9.17, 15) is 9.59 Å². The number of carbonyl (C=O) groups excluding carboxylic acids is 1. The van der Waals surface area contributed by atoms with E-state index in [0.717, 1.165) is 31.4 Å². The molecule has 0 unspecified atom stereocenters. The predicted octanol–water partition coefficient (Wildman–Crippen LogP) is 1.21. The van der Waals surface area contributed by atoms with E-state index in [2.05, 4.69) is 5.32 Å². The van der Waals surface area contributed by atoms with E-state index in [4.69, 9.17) is 0 Å². The number of likely N-dealkylation sites (N-methyl/N-ethyl adjacent to an activating group) is 1. The molecule has 1 aliphatic rings. The van der Waals surface area contributed by atoms with E-state index in [1.807, 2.05) is 34.7 Å². The van der Waals surface area contributed by atoms with Gasteiger partial charge in [0.25, 0.3) is 0 Å². The van der Waals surface area contributed by atoms with E-state index < -0.39 is 0 Å². The zero-order valence-corrected chi connectivity index (χ0v) is 12.8. The summed E-state index contributed by atoms with van der Waals surface area (Å²) in [5.41, 5.74) is 0.804. The second-order valence-electron chi connectivity index (χ2n) is 5.79. The van der Waals surface area contributed by atoms with Crippen molar-refractivity contribution in [3.63, 3.8) is 0 Å². The summed E-state index contributed by atoms with van der Waals surface area (Å²) < 4.78 is 1.86. The lowest BCUT2D eigenvalue weighted by Crippen LogP contribution is -2.47. The minimum absolute atomic E-state index is 0.00693. The lowest BCUT2D eigenvalue weighted by atomic mass is 10.1. The van der Waals surface area contributed by atoms with Gasteiger partial charge in [-0.05, 0) is 32.0 Å². The number of para-hydroxylation sites is 1. The summed E-state index contributed by atoms with van der Waals surface area (Å²) in [6.07, 6.45) is 3.85. The van der Waals surface area contributed by atoms with Gasteiger partial charge in [-0.15, -0.1) is 0 Å². The second kappa shape index (κ2) is 6.32. The van der Waals surface area contributed by atoms with Gasteiger partial charge in [0.05, 0.1) is 5.52 Å². The Kier molecular flexibility index (Phi) is 4.24. The van der Waals surface area contributed by atoms with Crippen molar-refractivity contribution in [1.82, 2.24) is 14.8 Å². The van der Waals surface area contributed by atoms with Crippen LogP contribution in [0.2, 0.25) is 0 Å². The monoisotopic (exact) mass is 299 g/mol.